The summed E-state index contributed by atoms with van der Waals surface area (Å²) in [5.74, 6) is 0. The predicted octanol–water partition coefficient (Wildman–Crippen LogP) is 2.78. The van der Waals surface area contributed by atoms with Gasteiger partial charge in [0.1, 0.15) is 20.0 Å². The Kier molecular flexibility index (Phi) is 15.2. The fourth-order valence-corrected chi connectivity index (χ4v) is 5.73. The van der Waals surface area contributed by atoms with Gasteiger partial charge < -0.3 is 28.7 Å². The van der Waals surface area contributed by atoms with E-state index in [4.69, 9.17) is 9.47 Å². The predicted molar refractivity (Wildman–Crippen MR) is 148 cm³/mol. The summed E-state index contributed by atoms with van der Waals surface area (Å²) in [6, 6.07) is 13.3. The molecule has 39 heavy (non-hydrogen) atoms. The van der Waals surface area contributed by atoms with Crippen LogP contribution >= 0.6 is 0 Å². The summed E-state index contributed by atoms with van der Waals surface area (Å²) in [5.41, 5.74) is 1.99. The number of hydrogen-bond donors (Lipinski definition) is 0. The summed E-state index contributed by atoms with van der Waals surface area (Å²) in [5, 5.41) is 0. The molecule has 2 aromatic carbocycles. The van der Waals surface area contributed by atoms with Gasteiger partial charge in [0.15, 0.2) is 0 Å². The Bertz CT molecular complexity index is 1090. The molecule has 10 nitrogen and oxygen atoms in total. The normalized spacial score (nSPS) is 17.1. The first-order valence-electron chi connectivity index (χ1n) is 12.8. The molecule has 0 amide bonds. The van der Waals surface area contributed by atoms with E-state index in [9.17, 15) is 16.8 Å². The number of aryl methyl sites for hydroxylation is 2. The van der Waals surface area contributed by atoms with Gasteiger partial charge in [-0.15, -0.1) is 13.1 Å². The zero-order chi connectivity index (χ0) is 27.4. The van der Waals surface area contributed by atoms with Crippen molar-refractivity contribution >= 4 is 20.0 Å². The summed E-state index contributed by atoms with van der Waals surface area (Å²) >= 11 is 0. The minimum absolute atomic E-state index is 0. The van der Waals surface area contributed by atoms with Crippen LogP contribution in [0.4, 0.5) is 0 Å². The van der Waals surface area contributed by atoms with Crippen LogP contribution in [0.25, 0.3) is 9.44 Å². The Morgan fingerprint density at radius 1 is 0.615 bits per heavy atom. The fraction of sp³-hybridized carbons (Fsp3) is 0.538. The Hall–Kier alpha value is -0.796. The molecule has 0 aromatic heterocycles. The van der Waals surface area contributed by atoms with Crippen LogP contribution in [0.15, 0.2) is 58.3 Å². The quantitative estimate of drug-likeness (QED) is 0.383. The van der Waals surface area contributed by atoms with Crippen molar-refractivity contribution in [2.45, 2.75) is 23.6 Å². The van der Waals surface area contributed by atoms with E-state index >= 15 is 0 Å². The molecule has 0 saturated carbocycles. The molecule has 0 aliphatic carbocycles. The number of benzene rings is 2. The van der Waals surface area contributed by atoms with Gasteiger partial charge in [0.2, 0.25) is 0 Å². The van der Waals surface area contributed by atoms with E-state index < -0.39 is 20.0 Å². The summed E-state index contributed by atoms with van der Waals surface area (Å²) < 4.78 is 69.3. The summed E-state index contributed by atoms with van der Waals surface area (Å²) in [7, 11) is -7.35. The molecule has 0 spiro atoms. The molecule has 0 bridgehead atoms. The summed E-state index contributed by atoms with van der Waals surface area (Å²) in [6.07, 6.45) is 0. The van der Waals surface area contributed by atoms with Crippen LogP contribution in [0.1, 0.15) is 11.1 Å². The second-order valence-electron chi connectivity index (χ2n) is 9.19. The van der Waals surface area contributed by atoms with Gasteiger partial charge in [-0.1, -0.05) is 35.4 Å². The molecule has 13 heteroatoms. The molecular weight excluding hydrogens is 617 g/mol. The van der Waals surface area contributed by atoms with Crippen molar-refractivity contribution in [2.75, 3.05) is 78.8 Å². The van der Waals surface area contributed by atoms with Crippen molar-refractivity contribution in [3.05, 3.63) is 69.1 Å². The van der Waals surface area contributed by atoms with Crippen LogP contribution < -0.4 is 0 Å². The molecule has 0 atom stereocenters. The maximum atomic E-state index is 12.5. The van der Waals surface area contributed by atoms with Crippen LogP contribution in [0, 0.1) is 13.8 Å². The van der Waals surface area contributed by atoms with Crippen molar-refractivity contribution in [2.24, 2.45) is 0 Å². The van der Waals surface area contributed by atoms with Crippen molar-refractivity contribution in [1.82, 2.24) is 9.80 Å². The zero-order valence-electron chi connectivity index (χ0n) is 22.7. The van der Waals surface area contributed by atoms with Gasteiger partial charge in [0.25, 0.3) is 0 Å². The van der Waals surface area contributed by atoms with E-state index in [0.717, 1.165) is 11.1 Å². The smallest absolute Gasteiger partial charge is 0.101 e. The molecule has 2 aromatic rings. The third kappa shape index (κ3) is 12.3. The van der Waals surface area contributed by atoms with Crippen LogP contribution in [-0.2, 0) is 62.2 Å². The number of sulfonamides is 2. The van der Waals surface area contributed by atoms with E-state index in [1.165, 1.54) is 0 Å². The topological polar surface area (TPSA) is 121 Å². The van der Waals surface area contributed by atoms with E-state index in [2.05, 4.69) is 19.2 Å². The van der Waals surface area contributed by atoms with Crippen LogP contribution in [0.2, 0.25) is 0 Å². The molecular formula is C26H38N4O6S2Y-2. The maximum absolute atomic E-state index is 12.5. The van der Waals surface area contributed by atoms with Crippen LogP contribution in [0.5, 0.6) is 0 Å². The van der Waals surface area contributed by atoms with Gasteiger partial charge in [-0.05, 0) is 51.2 Å². The number of ether oxygens (including phenoxy) is 2. The van der Waals surface area contributed by atoms with Crippen LogP contribution in [-0.4, -0.2) is 105 Å². The Balaban J connectivity index is 0.00000533. The van der Waals surface area contributed by atoms with Crippen molar-refractivity contribution in [3.63, 3.8) is 0 Å². The second kappa shape index (κ2) is 17.2. The molecule has 1 aliphatic rings. The zero-order valence-corrected chi connectivity index (χ0v) is 27.2. The average molecular weight is 656 g/mol. The number of nitrogens with zero attached hydrogens (tertiary/aromatic N) is 4. The summed E-state index contributed by atoms with van der Waals surface area (Å²) in [6.45, 7) is 9.61. The molecule has 0 N–H and O–H groups in total. The van der Waals surface area contributed by atoms with Gasteiger partial charge in [0.05, 0.1) is 26.4 Å². The Morgan fingerprint density at radius 3 is 1.23 bits per heavy atom. The minimum atomic E-state index is -3.67. The first-order chi connectivity index (χ1) is 18.2. The molecule has 215 valence electrons. The molecule has 1 radical (unpaired) electrons. The first kappa shape index (κ1) is 34.4. The summed E-state index contributed by atoms with van der Waals surface area (Å²) in [4.78, 5) is 4.58. The van der Waals surface area contributed by atoms with E-state index in [-0.39, 0.29) is 55.6 Å². The molecule has 1 heterocycles. The van der Waals surface area contributed by atoms with Crippen molar-refractivity contribution < 1.29 is 59.0 Å². The average Bonchev–Trinajstić information content (AvgIpc) is 2.86. The molecule has 3 rings (SSSR count). The van der Waals surface area contributed by atoms with Gasteiger partial charge >= 0.3 is 0 Å². The third-order valence-electron chi connectivity index (χ3n) is 6.20. The van der Waals surface area contributed by atoms with E-state index in [1.807, 2.05) is 13.8 Å². The molecule has 1 fully saturated rings. The van der Waals surface area contributed by atoms with Crippen molar-refractivity contribution in [1.29, 1.82) is 0 Å². The van der Waals surface area contributed by atoms with E-state index in [0.29, 0.717) is 65.7 Å². The number of rotatable bonds is 10. The largest absolute Gasteiger partial charge is 0.544 e. The molecule has 0 unspecified atom stereocenters. The van der Waals surface area contributed by atoms with Gasteiger partial charge in [-0.25, -0.2) is 16.8 Å². The maximum Gasteiger partial charge on any atom is 0.101 e. The standard InChI is InChI=1S/C26H38N4O6S2.Y/c1-23-3-7-25(8-4-23)37(31,32)27-11-13-29-15-19-35-21-17-30(18-22-36-20-16-29)14-12-28-38(33,34)26-9-5-24(2)6-10-26;/h3-10H,11-22H2,1-2H3;/q-2;. The minimum Gasteiger partial charge on any atom is -0.544 e. The molecule has 1 saturated heterocycles. The van der Waals surface area contributed by atoms with Gasteiger partial charge in [0, 0.05) is 68.7 Å². The SMILES string of the molecule is Cc1ccc(S(=O)(=O)[N-]CCN2CCOCCN(CC[N-]S(=O)(=O)c3ccc(C)cc3)CCOCC2)cc1.[Y]. The van der Waals surface area contributed by atoms with Crippen molar-refractivity contribution in [3.8, 4) is 0 Å². The van der Waals surface area contributed by atoms with Crippen LogP contribution in [0.3, 0.4) is 0 Å². The number of hydrogen-bond acceptors (Lipinski definition) is 8. The van der Waals surface area contributed by atoms with Gasteiger partial charge in [-0.2, -0.15) is 0 Å². The van der Waals surface area contributed by atoms with E-state index in [1.54, 1.807) is 48.5 Å². The monoisotopic (exact) mass is 655 g/mol. The Morgan fingerprint density at radius 2 is 0.923 bits per heavy atom. The Labute approximate surface area is 258 Å². The van der Waals surface area contributed by atoms with Gasteiger partial charge in [-0.3, -0.25) is 0 Å². The second-order valence-corrected chi connectivity index (χ2v) is 12.5. The molecule has 1 aliphatic heterocycles. The first-order valence-corrected chi connectivity index (χ1v) is 15.6. The third-order valence-corrected chi connectivity index (χ3v) is 8.98. The fourth-order valence-electron chi connectivity index (χ4n) is 3.82.